The normalized spacial score (nSPS) is 11.7. The van der Waals surface area contributed by atoms with Crippen LogP contribution < -0.4 is 10.5 Å². The third kappa shape index (κ3) is 2.86. The predicted octanol–water partition coefficient (Wildman–Crippen LogP) is 1.85. The zero-order valence-electron chi connectivity index (χ0n) is 10.4. The summed E-state index contributed by atoms with van der Waals surface area (Å²) in [5.74, 6) is 3.05. The first-order valence-corrected chi connectivity index (χ1v) is 5.39. The van der Waals surface area contributed by atoms with E-state index in [1.54, 1.807) is 13.2 Å². The third-order valence-electron chi connectivity index (χ3n) is 2.68. The topological polar surface area (TPSA) is 52.3 Å². The van der Waals surface area contributed by atoms with E-state index in [2.05, 4.69) is 5.92 Å². The lowest BCUT2D eigenvalue weighted by molar-refractivity contribution is 0.0962. The Morgan fingerprint density at radius 3 is 2.65 bits per heavy atom. The first-order valence-electron chi connectivity index (χ1n) is 5.39. The fourth-order valence-electron chi connectivity index (χ4n) is 1.69. The van der Waals surface area contributed by atoms with E-state index in [9.17, 15) is 4.79 Å². The number of hydrogen-bond donors (Lipinski definition) is 1. The minimum absolute atomic E-state index is 0.119. The molecular weight excluding hydrogens is 214 g/mol. The highest BCUT2D eigenvalue weighted by atomic mass is 16.5. The summed E-state index contributed by atoms with van der Waals surface area (Å²) in [5, 5.41) is 0. The third-order valence-corrected chi connectivity index (χ3v) is 2.68. The van der Waals surface area contributed by atoms with E-state index in [1.165, 1.54) is 0 Å². The molecule has 0 amide bonds. The highest BCUT2D eigenvalue weighted by Gasteiger charge is 2.18. The van der Waals surface area contributed by atoms with Crippen molar-refractivity contribution in [3.63, 3.8) is 0 Å². The highest BCUT2D eigenvalue weighted by molar-refractivity contribution is 6.01. The van der Waals surface area contributed by atoms with Crippen LogP contribution in [0.4, 0.5) is 0 Å². The van der Waals surface area contributed by atoms with Gasteiger partial charge in [0.2, 0.25) is 0 Å². The lowest BCUT2D eigenvalue weighted by atomic mass is 9.96. The lowest BCUT2D eigenvalue weighted by Crippen LogP contribution is -2.30. The fraction of sp³-hybridized carbons (Fsp3) is 0.357. The summed E-state index contributed by atoms with van der Waals surface area (Å²) in [6.07, 6.45) is 5.41. The van der Waals surface area contributed by atoms with Gasteiger partial charge < -0.3 is 10.5 Å². The van der Waals surface area contributed by atoms with Gasteiger partial charge in [-0.2, -0.15) is 0 Å². The average molecular weight is 231 g/mol. The molecule has 0 aliphatic carbocycles. The molecule has 1 unspecified atom stereocenters. The Morgan fingerprint density at radius 2 is 2.12 bits per heavy atom. The number of ether oxygens (including phenoxy) is 1. The number of ketones is 1. The van der Waals surface area contributed by atoms with Crippen LogP contribution in [0.2, 0.25) is 0 Å². The Hall–Kier alpha value is -1.79. The van der Waals surface area contributed by atoms with Crippen LogP contribution in [0.3, 0.4) is 0 Å². The number of terminal acetylenes is 1. The van der Waals surface area contributed by atoms with E-state index in [4.69, 9.17) is 16.9 Å². The molecule has 1 aromatic rings. The maximum Gasteiger partial charge on any atom is 0.180 e. The monoisotopic (exact) mass is 231 g/mol. The van der Waals surface area contributed by atoms with Crippen molar-refractivity contribution in [3.05, 3.63) is 28.8 Å². The van der Waals surface area contributed by atoms with Gasteiger partial charge in [-0.3, -0.25) is 4.79 Å². The zero-order valence-corrected chi connectivity index (χ0v) is 10.4. The molecule has 0 aliphatic heterocycles. The zero-order chi connectivity index (χ0) is 13.0. The van der Waals surface area contributed by atoms with Crippen LogP contribution in [0.15, 0.2) is 12.1 Å². The summed E-state index contributed by atoms with van der Waals surface area (Å²) in [7, 11) is 1.60. The largest absolute Gasteiger partial charge is 0.496 e. The molecule has 2 N–H and O–H groups in total. The highest BCUT2D eigenvalue weighted by Crippen LogP contribution is 2.23. The van der Waals surface area contributed by atoms with Crippen LogP contribution in [0.25, 0.3) is 0 Å². The van der Waals surface area contributed by atoms with Gasteiger partial charge in [-0.25, -0.2) is 0 Å². The smallest absolute Gasteiger partial charge is 0.180 e. The maximum atomic E-state index is 12.0. The number of Topliss-reactive ketones (excluding diaryl/α,β-unsaturated/α-hetero) is 1. The Kier molecular flexibility index (Phi) is 4.30. The van der Waals surface area contributed by atoms with Crippen LogP contribution in [0, 0.1) is 26.2 Å². The van der Waals surface area contributed by atoms with Crippen molar-refractivity contribution in [2.75, 3.05) is 7.11 Å². The van der Waals surface area contributed by atoms with Crippen molar-refractivity contribution >= 4 is 5.78 Å². The van der Waals surface area contributed by atoms with Gasteiger partial charge >= 0.3 is 0 Å². The summed E-state index contributed by atoms with van der Waals surface area (Å²) in [4.78, 5) is 12.0. The molecular formula is C14H17NO2. The van der Waals surface area contributed by atoms with Crippen molar-refractivity contribution in [1.82, 2.24) is 0 Å². The van der Waals surface area contributed by atoms with Crippen molar-refractivity contribution in [1.29, 1.82) is 0 Å². The summed E-state index contributed by atoms with van der Waals surface area (Å²) in [5.41, 5.74) is 8.11. The Labute approximate surface area is 102 Å². The molecule has 0 saturated carbocycles. The van der Waals surface area contributed by atoms with Crippen molar-refractivity contribution in [3.8, 4) is 18.1 Å². The minimum atomic E-state index is -0.633. The van der Waals surface area contributed by atoms with Crippen molar-refractivity contribution in [2.45, 2.75) is 26.3 Å². The van der Waals surface area contributed by atoms with Crippen LogP contribution in [-0.2, 0) is 0 Å². The first-order chi connectivity index (χ1) is 8.01. The van der Waals surface area contributed by atoms with E-state index in [0.29, 0.717) is 5.56 Å². The first kappa shape index (κ1) is 13.3. The average Bonchev–Trinajstić information content (AvgIpc) is 2.31. The number of hydrogen-bond acceptors (Lipinski definition) is 3. The van der Waals surface area contributed by atoms with E-state index in [1.807, 2.05) is 19.9 Å². The van der Waals surface area contributed by atoms with Gasteiger partial charge in [0.1, 0.15) is 5.75 Å². The molecule has 0 saturated heterocycles. The SMILES string of the molecule is C#CCC(N)C(=O)c1cc(C)c(OC)cc1C. The van der Waals surface area contributed by atoms with E-state index >= 15 is 0 Å². The second-order valence-electron chi connectivity index (χ2n) is 4.02. The Bertz CT molecular complexity index is 472. The van der Waals surface area contributed by atoms with Gasteiger partial charge in [-0.1, -0.05) is 0 Å². The Morgan fingerprint density at radius 1 is 1.47 bits per heavy atom. The molecule has 3 nitrogen and oxygen atoms in total. The molecule has 90 valence electrons. The molecule has 3 heteroatoms. The van der Waals surface area contributed by atoms with Gasteiger partial charge in [0.15, 0.2) is 5.78 Å². The van der Waals surface area contributed by atoms with E-state index < -0.39 is 6.04 Å². The molecule has 0 radical (unpaired) electrons. The van der Waals surface area contributed by atoms with Gasteiger partial charge in [-0.05, 0) is 37.1 Å². The Balaban J connectivity index is 3.11. The quantitative estimate of drug-likeness (QED) is 0.635. The van der Waals surface area contributed by atoms with E-state index in [0.717, 1.165) is 16.9 Å². The lowest BCUT2D eigenvalue weighted by Gasteiger charge is -2.13. The standard InChI is InChI=1S/C14H17NO2/c1-5-6-12(15)14(16)11-7-10(3)13(17-4)8-9(11)2/h1,7-8,12H,6,15H2,2-4H3. The second-order valence-corrected chi connectivity index (χ2v) is 4.02. The summed E-state index contributed by atoms with van der Waals surface area (Å²) < 4.78 is 5.19. The summed E-state index contributed by atoms with van der Waals surface area (Å²) >= 11 is 0. The molecule has 17 heavy (non-hydrogen) atoms. The fourth-order valence-corrected chi connectivity index (χ4v) is 1.69. The molecule has 1 rings (SSSR count). The van der Waals surface area contributed by atoms with Crippen molar-refractivity contribution in [2.24, 2.45) is 5.73 Å². The molecule has 0 heterocycles. The van der Waals surface area contributed by atoms with Crippen LogP contribution in [0.5, 0.6) is 5.75 Å². The molecule has 0 spiro atoms. The number of carbonyl (C=O) groups is 1. The molecule has 0 aliphatic rings. The molecule has 1 atom stereocenters. The van der Waals surface area contributed by atoms with Crippen LogP contribution in [0.1, 0.15) is 27.9 Å². The summed E-state index contributed by atoms with van der Waals surface area (Å²) in [6, 6.07) is 3.00. The van der Waals surface area contributed by atoms with Gasteiger partial charge in [-0.15, -0.1) is 12.3 Å². The van der Waals surface area contributed by atoms with Gasteiger partial charge in [0.05, 0.1) is 13.2 Å². The van der Waals surface area contributed by atoms with Gasteiger partial charge in [0.25, 0.3) is 0 Å². The molecule has 1 aromatic carbocycles. The number of methoxy groups -OCH3 is 1. The number of rotatable bonds is 4. The van der Waals surface area contributed by atoms with Crippen LogP contribution >= 0.6 is 0 Å². The van der Waals surface area contributed by atoms with Gasteiger partial charge in [0, 0.05) is 12.0 Å². The van der Waals surface area contributed by atoms with E-state index in [-0.39, 0.29) is 12.2 Å². The number of nitrogens with two attached hydrogens (primary N) is 1. The number of carbonyl (C=O) groups excluding carboxylic acids is 1. The predicted molar refractivity (Wildman–Crippen MR) is 68.2 cm³/mol. The van der Waals surface area contributed by atoms with Crippen LogP contribution in [-0.4, -0.2) is 18.9 Å². The maximum absolute atomic E-state index is 12.0. The second kappa shape index (κ2) is 5.51. The number of aryl methyl sites for hydroxylation is 2. The number of benzene rings is 1. The summed E-state index contributed by atoms with van der Waals surface area (Å²) in [6.45, 7) is 3.75. The molecule has 0 aromatic heterocycles. The molecule has 0 bridgehead atoms. The minimum Gasteiger partial charge on any atom is -0.496 e. The molecule has 0 fully saturated rings. The van der Waals surface area contributed by atoms with Crippen molar-refractivity contribution < 1.29 is 9.53 Å².